The van der Waals surface area contributed by atoms with E-state index >= 15 is 0 Å². The molecule has 2 aromatic rings. The molecule has 132 valence electrons. The summed E-state index contributed by atoms with van der Waals surface area (Å²) in [5.41, 5.74) is 0.934. The fraction of sp³-hybridized carbons (Fsp3) is 0.389. The zero-order valence-electron chi connectivity index (χ0n) is 14.4. The molecule has 1 aromatic carbocycles. The van der Waals surface area contributed by atoms with E-state index in [0.717, 1.165) is 13.1 Å². The summed E-state index contributed by atoms with van der Waals surface area (Å²) < 4.78 is 11.1. The van der Waals surface area contributed by atoms with Crippen molar-refractivity contribution in [3.05, 3.63) is 42.2 Å². The smallest absolute Gasteiger partial charge is 0.274 e. The quantitative estimate of drug-likeness (QED) is 0.899. The van der Waals surface area contributed by atoms with E-state index < -0.39 is 0 Å². The predicted octanol–water partition coefficient (Wildman–Crippen LogP) is 2.35. The van der Waals surface area contributed by atoms with Crippen molar-refractivity contribution in [2.45, 2.75) is 20.0 Å². The summed E-state index contributed by atoms with van der Waals surface area (Å²) in [6.07, 6.45) is 1.62. The van der Waals surface area contributed by atoms with Crippen LogP contribution in [0.15, 0.2) is 36.5 Å². The Morgan fingerprint density at radius 1 is 1.24 bits per heavy atom. The second kappa shape index (κ2) is 7.94. The van der Waals surface area contributed by atoms with E-state index in [9.17, 15) is 4.79 Å². The summed E-state index contributed by atoms with van der Waals surface area (Å²) in [6, 6.07) is 8.95. The lowest BCUT2D eigenvalue weighted by atomic mass is 10.2. The summed E-state index contributed by atoms with van der Waals surface area (Å²) >= 11 is 0. The Hall–Kier alpha value is -2.67. The number of nitrogens with one attached hydrogen (secondary N) is 1. The third-order valence-electron chi connectivity index (χ3n) is 3.67. The van der Waals surface area contributed by atoms with Gasteiger partial charge in [-0.15, -0.1) is 0 Å². The molecule has 7 heteroatoms. The Morgan fingerprint density at radius 3 is 2.76 bits per heavy atom. The lowest BCUT2D eigenvalue weighted by molar-refractivity contribution is 0.102. The molecule has 1 N–H and O–H groups in total. The Bertz CT molecular complexity index is 730. The number of benzene rings is 1. The maximum Gasteiger partial charge on any atom is 0.274 e. The summed E-state index contributed by atoms with van der Waals surface area (Å²) in [6.45, 7) is 6.60. The molecule has 0 bridgehead atoms. The van der Waals surface area contributed by atoms with Crippen LogP contribution < -0.4 is 15.0 Å². The lowest BCUT2D eigenvalue weighted by Gasteiger charge is -2.26. The van der Waals surface area contributed by atoms with Crippen molar-refractivity contribution in [1.82, 2.24) is 9.97 Å². The van der Waals surface area contributed by atoms with E-state index in [-0.39, 0.29) is 12.0 Å². The molecule has 3 rings (SSSR count). The number of hydrogen-bond donors (Lipinski definition) is 1. The van der Waals surface area contributed by atoms with E-state index in [2.05, 4.69) is 15.3 Å². The number of carbonyl (C=O) groups is 1. The van der Waals surface area contributed by atoms with Crippen LogP contribution in [0.5, 0.6) is 5.75 Å². The van der Waals surface area contributed by atoms with Gasteiger partial charge in [0.1, 0.15) is 11.4 Å². The van der Waals surface area contributed by atoms with Crippen LogP contribution in [-0.4, -0.2) is 48.3 Å². The first kappa shape index (κ1) is 17.2. The van der Waals surface area contributed by atoms with Crippen molar-refractivity contribution in [1.29, 1.82) is 0 Å². The van der Waals surface area contributed by atoms with E-state index in [0.29, 0.717) is 36.3 Å². The van der Waals surface area contributed by atoms with E-state index in [1.54, 1.807) is 18.3 Å². The van der Waals surface area contributed by atoms with Crippen molar-refractivity contribution >= 4 is 17.5 Å². The van der Waals surface area contributed by atoms with Crippen molar-refractivity contribution in [2.75, 3.05) is 36.5 Å². The first-order chi connectivity index (χ1) is 12.1. The van der Waals surface area contributed by atoms with Gasteiger partial charge in [-0.3, -0.25) is 4.79 Å². The van der Waals surface area contributed by atoms with Crippen LogP contribution in [0.25, 0.3) is 0 Å². The van der Waals surface area contributed by atoms with Crippen LogP contribution in [-0.2, 0) is 4.74 Å². The van der Waals surface area contributed by atoms with Gasteiger partial charge in [0.15, 0.2) is 0 Å². The molecule has 0 saturated carbocycles. The van der Waals surface area contributed by atoms with Crippen LogP contribution in [0.1, 0.15) is 24.3 Å². The zero-order valence-corrected chi connectivity index (χ0v) is 14.4. The van der Waals surface area contributed by atoms with Crippen LogP contribution >= 0.6 is 0 Å². The van der Waals surface area contributed by atoms with E-state index in [1.165, 1.54) is 0 Å². The molecule has 0 atom stereocenters. The molecular weight excluding hydrogens is 320 g/mol. The van der Waals surface area contributed by atoms with Gasteiger partial charge in [-0.25, -0.2) is 9.97 Å². The highest BCUT2D eigenvalue weighted by atomic mass is 16.5. The van der Waals surface area contributed by atoms with E-state index in [4.69, 9.17) is 9.47 Å². The molecule has 1 saturated heterocycles. The maximum absolute atomic E-state index is 12.6. The highest BCUT2D eigenvalue weighted by Gasteiger charge is 2.17. The minimum atomic E-state index is -0.295. The summed E-state index contributed by atoms with van der Waals surface area (Å²) in [7, 11) is 0. The van der Waals surface area contributed by atoms with Gasteiger partial charge in [-0.1, -0.05) is 12.1 Å². The fourth-order valence-corrected chi connectivity index (χ4v) is 2.50. The second-order valence-electron chi connectivity index (χ2n) is 5.96. The SMILES string of the molecule is CC(C)Oc1ccccc1NC(=O)c1ccnc(N2CCOCC2)n1. The maximum atomic E-state index is 12.6. The highest BCUT2D eigenvalue weighted by Crippen LogP contribution is 2.25. The van der Waals surface area contributed by atoms with Gasteiger partial charge in [0.05, 0.1) is 25.0 Å². The number of rotatable bonds is 5. The average molecular weight is 342 g/mol. The number of amides is 1. The molecule has 2 heterocycles. The molecule has 1 amide bonds. The topological polar surface area (TPSA) is 76.6 Å². The van der Waals surface area contributed by atoms with Crippen LogP contribution in [0.3, 0.4) is 0 Å². The fourth-order valence-electron chi connectivity index (χ4n) is 2.50. The average Bonchev–Trinajstić information content (AvgIpc) is 2.64. The molecule has 1 aromatic heterocycles. The van der Waals surface area contributed by atoms with Crippen molar-refractivity contribution in [2.24, 2.45) is 0 Å². The number of anilines is 2. The third-order valence-corrected chi connectivity index (χ3v) is 3.67. The molecule has 0 spiro atoms. The molecular formula is C18H22N4O3. The van der Waals surface area contributed by atoms with Crippen LogP contribution in [0.2, 0.25) is 0 Å². The van der Waals surface area contributed by atoms with Crippen LogP contribution in [0.4, 0.5) is 11.6 Å². The molecule has 0 radical (unpaired) electrons. The number of para-hydroxylation sites is 2. The first-order valence-electron chi connectivity index (χ1n) is 8.36. The largest absolute Gasteiger partial charge is 0.489 e. The molecule has 25 heavy (non-hydrogen) atoms. The van der Waals surface area contributed by atoms with Crippen molar-refractivity contribution in [3.8, 4) is 5.75 Å². The van der Waals surface area contributed by atoms with Gasteiger partial charge in [-0.2, -0.15) is 0 Å². The van der Waals surface area contributed by atoms with Crippen molar-refractivity contribution < 1.29 is 14.3 Å². The highest BCUT2D eigenvalue weighted by molar-refractivity contribution is 6.03. The Kier molecular flexibility index (Phi) is 5.45. The number of hydrogen-bond acceptors (Lipinski definition) is 6. The Balaban J connectivity index is 1.75. The minimum absolute atomic E-state index is 0.0185. The monoisotopic (exact) mass is 342 g/mol. The number of aromatic nitrogens is 2. The molecule has 0 aliphatic carbocycles. The first-order valence-corrected chi connectivity index (χ1v) is 8.36. The van der Waals surface area contributed by atoms with Crippen molar-refractivity contribution in [3.63, 3.8) is 0 Å². The zero-order chi connectivity index (χ0) is 17.6. The molecule has 1 aliphatic rings. The third kappa shape index (κ3) is 4.45. The van der Waals surface area contributed by atoms with E-state index in [1.807, 2.05) is 36.9 Å². The standard InChI is InChI=1S/C18H22N4O3/c1-13(2)25-16-6-4-3-5-14(16)20-17(23)15-7-8-19-18(21-15)22-9-11-24-12-10-22/h3-8,13H,9-12H2,1-2H3,(H,20,23). The number of carbonyl (C=O) groups excluding carboxylic acids is 1. The predicted molar refractivity (Wildman–Crippen MR) is 95.2 cm³/mol. The number of morpholine rings is 1. The summed E-state index contributed by atoms with van der Waals surface area (Å²) in [4.78, 5) is 23.3. The van der Waals surface area contributed by atoms with Gasteiger partial charge < -0.3 is 19.7 Å². The Labute approximate surface area is 147 Å². The normalized spacial score (nSPS) is 14.4. The van der Waals surface area contributed by atoms with Gasteiger partial charge in [-0.05, 0) is 32.0 Å². The second-order valence-corrected chi connectivity index (χ2v) is 5.96. The number of nitrogens with zero attached hydrogens (tertiary/aromatic N) is 3. The van der Waals surface area contributed by atoms with Crippen LogP contribution in [0, 0.1) is 0 Å². The van der Waals surface area contributed by atoms with Gasteiger partial charge in [0.25, 0.3) is 5.91 Å². The van der Waals surface area contributed by atoms with Gasteiger partial charge >= 0.3 is 0 Å². The summed E-state index contributed by atoms with van der Waals surface area (Å²) in [5, 5.41) is 2.86. The minimum Gasteiger partial charge on any atom is -0.489 e. The summed E-state index contributed by atoms with van der Waals surface area (Å²) in [5.74, 6) is 0.882. The van der Waals surface area contributed by atoms with Gasteiger partial charge in [0.2, 0.25) is 5.95 Å². The molecule has 0 unspecified atom stereocenters. The molecule has 7 nitrogen and oxygen atoms in total. The lowest BCUT2D eigenvalue weighted by Crippen LogP contribution is -2.37. The Morgan fingerprint density at radius 2 is 2.00 bits per heavy atom. The molecule has 1 aliphatic heterocycles. The number of ether oxygens (including phenoxy) is 2. The molecule has 1 fully saturated rings. The van der Waals surface area contributed by atoms with Gasteiger partial charge in [0, 0.05) is 19.3 Å².